The van der Waals surface area contributed by atoms with Gasteiger partial charge in [-0.2, -0.15) is 5.10 Å². The van der Waals surface area contributed by atoms with Crippen LogP contribution in [0.25, 0.3) is 0 Å². The Bertz CT molecular complexity index is 1100. The molecule has 2 aromatic carbocycles. The van der Waals surface area contributed by atoms with Crippen LogP contribution in [0.15, 0.2) is 35.4 Å². The molecule has 32 heavy (non-hydrogen) atoms. The van der Waals surface area contributed by atoms with Gasteiger partial charge in [0, 0.05) is 13.0 Å². The molecule has 13 heteroatoms. The summed E-state index contributed by atoms with van der Waals surface area (Å²) in [5.41, 5.74) is 1.88. The molecule has 0 aromatic heterocycles. The maximum Gasteiger partial charge on any atom is 0.323 e. The zero-order valence-electron chi connectivity index (χ0n) is 17.2. The number of ether oxygens (including phenoxy) is 3. The predicted molar refractivity (Wildman–Crippen MR) is 110 cm³/mol. The zero-order valence-corrected chi connectivity index (χ0v) is 17.2. The first-order chi connectivity index (χ1) is 15.1. The van der Waals surface area contributed by atoms with E-state index in [9.17, 15) is 29.8 Å². The molecule has 1 amide bonds. The van der Waals surface area contributed by atoms with Crippen molar-refractivity contribution in [3.8, 4) is 17.2 Å². The number of carbonyl (C=O) groups is 2. The third kappa shape index (κ3) is 5.98. The van der Waals surface area contributed by atoms with Crippen molar-refractivity contribution < 1.29 is 33.6 Å². The number of hydrogen-bond acceptors (Lipinski definition) is 10. The molecule has 2 aromatic rings. The van der Waals surface area contributed by atoms with E-state index >= 15 is 0 Å². The fraction of sp³-hybridized carbons (Fsp3) is 0.211. The second kappa shape index (κ2) is 10.5. The molecule has 0 aliphatic rings. The van der Waals surface area contributed by atoms with Crippen molar-refractivity contribution in [1.29, 1.82) is 0 Å². The quantitative estimate of drug-likeness (QED) is 0.199. The summed E-state index contributed by atoms with van der Waals surface area (Å²) < 4.78 is 15.0. The number of methoxy groups -OCH3 is 1. The number of nitrogens with one attached hydrogen (secondary N) is 1. The Kier molecular flexibility index (Phi) is 7.76. The first-order valence-corrected chi connectivity index (χ1v) is 8.87. The van der Waals surface area contributed by atoms with Crippen LogP contribution in [0.1, 0.15) is 18.1 Å². The van der Waals surface area contributed by atoms with Crippen molar-refractivity contribution in [2.75, 3.05) is 13.7 Å². The molecule has 0 aliphatic carbocycles. The number of hydrazone groups is 1. The summed E-state index contributed by atoms with van der Waals surface area (Å²) in [6.07, 6.45) is 0.991. The second-order valence-electron chi connectivity index (χ2n) is 6.20. The maximum atomic E-state index is 11.9. The summed E-state index contributed by atoms with van der Waals surface area (Å²) in [5, 5.41) is 26.2. The van der Waals surface area contributed by atoms with E-state index in [-0.39, 0.29) is 28.5 Å². The first kappa shape index (κ1) is 23.7. The lowest BCUT2D eigenvalue weighted by atomic mass is 10.1. The summed E-state index contributed by atoms with van der Waals surface area (Å²) in [6.45, 7) is 2.21. The summed E-state index contributed by atoms with van der Waals surface area (Å²) in [5.74, 6) is -2.00. The van der Waals surface area contributed by atoms with Gasteiger partial charge in [-0.15, -0.1) is 0 Å². The fourth-order valence-electron chi connectivity index (χ4n) is 2.53. The normalized spacial score (nSPS) is 10.5. The molecule has 0 atom stereocenters. The van der Waals surface area contributed by atoms with Crippen molar-refractivity contribution in [3.05, 3.63) is 61.7 Å². The molecular formula is C19H18N4O9. The van der Waals surface area contributed by atoms with Gasteiger partial charge in [0.25, 0.3) is 5.91 Å². The lowest BCUT2D eigenvalue weighted by molar-refractivity contribution is -0.386. The SMILES string of the molecule is COc1c(OC(C)=O)ccc(/C=N/NC(=O)COc2ccc(C)cc2[N+](=O)[O-])c1[N+](=O)[O-]. The van der Waals surface area contributed by atoms with Crippen molar-refractivity contribution in [2.45, 2.75) is 13.8 Å². The monoisotopic (exact) mass is 446 g/mol. The van der Waals surface area contributed by atoms with Crippen LogP contribution in [0, 0.1) is 27.2 Å². The number of aryl methyl sites for hydroxylation is 1. The van der Waals surface area contributed by atoms with Gasteiger partial charge < -0.3 is 14.2 Å². The molecule has 1 N–H and O–H groups in total. The highest BCUT2D eigenvalue weighted by molar-refractivity contribution is 5.90. The lowest BCUT2D eigenvalue weighted by Crippen LogP contribution is -2.24. The summed E-state index contributed by atoms with van der Waals surface area (Å²) in [4.78, 5) is 44.3. The maximum absolute atomic E-state index is 11.9. The van der Waals surface area contributed by atoms with E-state index in [1.165, 1.54) is 31.4 Å². The molecule has 0 unspecified atom stereocenters. The third-order valence-electron chi connectivity index (χ3n) is 3.83. The van der Waals surface area contributed by atoms with Crippen LogP contribution in [-0.2, 0) is 9.59 Å². The summed E-state index contributed by atoms with van der Waals surface area (Å²) >= 11 is 0. The number of hydrogen-bond donors (Lipinski definition) is 1. The van der Waals surface area contributed by atoms with Gasteiger partial charge in [0.2, 0.25) is 5.75 Å². The summed E-state index contributed by atoms with van der Waals surface area (Å²) in [7, 11) is 1.17. The number of esters is 1. The smallest absolute Gasteiger partial charge is 0.323 e. The Morgan fingerprint density at radius 1 is 1.12 bits per heavy atom. The molecule has 0 bridgehead atoms. The first-order valence-electron chi connectivity index (χ1n) is 8.87. The van der Waals surface area contributed by atoms with Crippen molar-refractivity contribution in [1.82, 2.24) is 5.43 Å². The molecule has 0 spiro atoms. The van der Waals surface area contributed by atoms with Crippen LogP contribution in [0.3, 0.4) is 0 Å². The van der Waals surface area contributed by atoms with Gasteiger partial charge in [0.1, 0.15) is 0 Å². The van der Waals surface area contributed by atoms with Crippen LogP contribution in [0.2, 0.25) is 0 Å². The van der Waals surface area contributed by atoms with Crippen LogP contribution in [-0.4, -0.2) is 41.7 Å². The Morgan fingerprint density at radius 2 is 1.81 bits per heavy atom. The number of nitro benzene ring substituents is 2. The largest absolute Gasteiger partial charge is 0.488 e. The van der Waals surface area contributed by atoms with Crippen molar-refractivity contribution in [2.24, 2.45) is 5.10 Å². The molecule has 0 aliphatic heterocycles. The van der Waals surface area contributed by atoms with Crippen molar-refractivity contribution >= 4 is 29.5 Å². The Hall–Kier alpha value is -4.55. The minimum Gasteiger partial charge on any atom is -0.488 e. The van der Waals surface area contributed by atoms with E-state index in [0.717, 1.165) is 13.1 Å². The molecule has 0 radical (unpaired) electrons. The Morgan fingerprint density at radius 3 is 2.41 bits per heavy atom. The van der Waals surface area contributed by atoms with Crippen LogP contribution in [0.5, 0.6) is 17.2 Å². The number of benzene rings is 2. The van der Waals surface area contributed by atoms with Crippen molar-refractivity contribution in [3.63, 3.8) is 0 Å². The second-order valence-corrected chi connectivity index (χ2v) is 6.20. The molecule has 0 heterocycles. The standard InChI is InChI=1S/C19H18N4O9/c1-11-4-6-15(14(8-11)22(26)27)31-10-17(25)21-20-9-13-5-7-16(32-12(2)24)19(30-3)18(13)23(28)29/h4-9H,10H2,1-3H3,(H,21,25)/b20-9+. The molecule has 13 nitrogen and oxygen atoms in total. The summed E-state index contributed by atoms with van der Waals surface area (Å²) in [6, 6.07) is 6.78. The highest BCUT2D eigenvalue weighted by Crippen LogP contribution is 2.39. The van der Waals surface area contributed by atoms with Crippen LogP contribution in [0.4, 0.5) is 11.4 Å². The number of rotatable bonds is 9. The fourth-order valence-corrected chi connectivity index (χ4v) is 2.53. The highest BCUT2D eigenvalue weighted by Gasteiger charge is 2.25. The van der Waals surface area contributed by atoms with E-state index in [1.54, 1.807) is 13.0 Å². The number of amides is 1. The molecule has 0 saturated carbocycles. The predicted octanol–water partition coefficient (Wildman–Crippen LogP) is 2.27. The lowest BCUT2D eigenvalue weighted by Gasteiger charge is -2.09. The third-order valence-corrected chi connectivity index (χ3v) is 3.83. The minimum atomic E-state index is -0.762. The Balaban J connectivity index is 2.12. The zero-order chi connectivity index (χ0) is 23.8. The van der Waals surface area contributed by atoms with E-state index in [1.807, 2.05) is 0 Å². The van der Waals surface area contributed by atoms with Gasteiger partial charge in [-0.05, 0) is 30.7 Å². The van der Waals surface area contributed by atoms with E-state index < -0.39 is 34.0 Å². The van der Waals surface area contributed by atoms with Gasteiger partial charge in [0.15, 0.2) is 18.1 Å². The number of carbonyl (C=O) groups excluding carboxylic acids is 2. The average molecular weight is 446 g/mol. The molecule has 2 rings (SSSR count). The number of nitrogens with zero attached hydrogens (tertiary/aromatic N) is 3. The Labute approximate surface area is 180 Å². The van der Waals surface area contributed by atoms with Gasteiger partial charge in [-0.1, -0.05) is 6.07 Å². The van der Waals surface area contributed by atoms with E-state index in [2.05, 4.69) is 10.5 Å². The van der Waals surface area contributed by atoms with Gasteiger partial charge >= 0.3 is 17.3 Å². The van der Waals surface area contributed by atoms with Crippen LogP contribution < -0.4 is 19.6 Å². The van der Waals surface area contributed by atoms with Crippen LogP contribution >= 0.6 is 0 Å². The number of nitro groups is 2. The van der Waals surface area contributed by atoms with E-state index in [0.29, 0.717) is 5.56 Å². The molecule has 168 valence electrons. The molecule has 0 saturated heterocycles. The topological polar surface area (TPSA) is 172 Å². The van der Waals surface area contributed by atoms with Gasteiger partial charge in [0.05, 0.1) is 28.7 Å². The van der Waals surface area contributed by atoms with Gasteiger partial charge in [-0.25, -0.2) is 5.43 Å². The highest BCUT2D eigenvalue weighted by atomic mass is 16.6. The molecule has 0 fully saturated rings. The molecular weight excluding hydrogens is 428 g/mol. The van der Waals surface area contributed by atoms with Gasteiger partial charge in [-0.3, -0.25) is 29.8 Å². The minimum absolute atomic E-state index is 0.0434. The van der Waals surface area contributed by atoms with E-state index in [4.69, 9.17) is 14.2 Å². The average Bonchev–Trinajstić information content (AvgIpc) is 2.72.